The van der Waals surface area contributed by atoms with E-state index in [1.165, 1.54) is 24.1 Å². The lowest BCUT2D eigenvalue weighted by molar-refractivity contribution is -0.160. The molecule has 2 aliphatic rings. The van der Waals surface area contributed by atoms with Crippen molar-refractivity contribution in [2.75, 3.05) is 18.8 Å². The molecule has 2 heterocycles. The minimum Gasteiger partial charge on any atom is -0.481 e. The van der Waals surface area contributed by atoms with Crippen molar-refractivity contribution >= 4 is 29.9 Å². The molecular weight excluding hydrogens is 509 g/mol. The van der Waals surface area contributed by atoms with E-state index < -0.39 is 23.5 Å². The Morgan fingerprint density at radius 3 is 2.50 bits per heavy atom. The summed E-state index contributed by atoms with van der Waals surface area (Å²) < 4.78 is 16.2. The minimum atomic E-state index is -0.860. The van der Waals surface area contributed by atoms with E-state index in [0.717, 1.165) is 43.4 Å². The molecule has 2 aromatic rings. The van der Waals surface area contributed by atoms with Crippen LogP contribution in [0.4, 0.5) is 9.18 Å². The second-order valence-corrected chi connectivity index (χ2v) is 11.2. The van der Waals surface area contributed by atoms with Gasteiger partial charge in [-0.1, -0.05) is 31.4 Å². The molecule has 9 nitrogen and oxygen atoms in total. The molecule has 1 saturated heterocycles. The van der Waals surface area contributed by atoms with Gasteiger partial charge in [-0.25, -0.2) is 14.2 Å². The summed E-state index contributed by atoms with van der Waals surface area (Å²) in [5.74, 6) is -0.626. The molecule has 1 unspecified atom stereocenters. The highest BCUT2D eigenvalue weighted by molar-refractivity contribution is 7.97. The summed E-state index contributed by atoms with van der Waals surface area (Å²) in [5.41, 5.74) is 0.885. The molecule has 1 saturated carbocycles. The Balaban J connectivity index is 1.38. The van der Waals surface area contributed by atoms with Crippen LogP contribution in [0.25, 0.3) is 0 Å². The van der Waals surface area contributed by atoms with E-state index in [9.17, 15) is 23.9 Å². The summed E-state index contributed by atoms with van der Waals surface area (Å²) in [5, 5.41) is 13.0. The number of rotatable bonds is 10. The molecule has 2 fully saturated rings. The maximum Gasteiger partial charge on any atom is 0.325 e. The Hall–Kier alpha value is -3.08. The van der Waals surface area contributed by atoms with Gasteiger partial charge >= 0.3 is 12.0 Å². The number of likely N-dealkylation sites (tertiary alicyclic amines) is 1. The summed E-state index contributed by atoms with van der Waals surface area (Å²) in [4.78, 5) is 47.3. The van der Waals surface area contributed by atoms with Gasteiger partial charge in [0.2, 0.25) is 5.91 Å². The smallest absolute Gasteiger partial charge is 0.325 e. The highest BCUT2D eigenvalue weighted by Crippen LogP contribution is 2.46. The van der Waals surface area contributed by atoms with Crippen LogP contribution in [-0.4, -0.2) is 62.8 Å². The highest BCUT2D eigenvalue weighted by atomic mass is 32.2. The normalized spacial score (nSPS) is 18.5. The Labute approximate surface area is 226 Å². The van der Waals surface area contributed by atoms with Crippen molar-refractivity contribution in [3.8, 4) is 0 Å². The predicted octanol–water partition coefficient (Wildman–Crippen LogP) is 3.92. The van der Waals surface area contributed by atoms with E-state index in [1.807, 2.05) is 0 Å². The number of aryl methyl sites for hydroxylation is 1. The molecule has 0 radical (unpaired) electrons. The molecule has 0 spiro atoms. The zero-order chi connectivity index (χ0) is 27.0. The van der Waals surface area contributed by atoms with Gasteiger partial charge in [-0.05, 0) is 67.7 Å². The first-order chi connectivity index (χ1) is 18.4. The summed E-state index contributed by atoms with van der Waals surface area (Å²) in [7, 11) is 0. The molecule has 11 heteroatoms. The van der Waals surface area contributed by atoms with Gasteiger partial charge in [0.1, 0.15) is 11.9 Å². The lowest BCUT2D eigenvalue weighted by Crippen LogP contribution is -2.56. The Morgan fingerprint density at radius 2 is 1.87 bits per heavy atom. The first-order valence-corrected chi connectivity index (χ1v) is 14.3. The van der Waals surface area contributed by atoms with E-state index in [4.69, 9.17) is 0 Å². The van der Waals surface area contributed by atoms with E-state index >= 15 is 0 Å². The third kappa shape index (κ3) is 7.06. The van der Waals surface area contributed by atoms with Crippen LogP contribution in [0.5, 0.6) is 0 Å². The number of piperidine rings is 1. The molecule has 1 aliphatic heterocycles. The molecule has 1 aromatic carbocycles. The quantitative estimate of drug-likeness (QED) is 0.265. The lowest BCUT2D eigenvalue weighted by Gasteiger charge is -2.45. The van der Waals surface area contributed by atoms with Gasteiger partial charge in [-0.15, -0.1) is 0 Å². The van der Waals surface area contributed by atoms with Crippen LogP contribution in [0.3, 0.4) is 0 Å². The van der Waals surface area contributed by atoms with Crippen LogP contribution >= 0.6 is 11.9 Å². The number of nitrogens with zero attached hydrogens (tertiary/aromatic N) is 2. The van der Waals surface area contributed by atoms with Crippen LogP contribution in [0.2, 0.25) is 0 Å². The average Bonchev–Trinajstić information content (AvgIpc) is 3.46. The molecule has 1 aromatic heterocycles. The van der Waals surface area contributed by atoms with Gasteiger partial charge in [0.05, 0.1) is 11.7 Å². The summed E-state index contributed by atoms with van der Waals surface area (Å²) >= 11 is 1.23. The number of H-pyrrole nitrogens is 1. The second-order valence-electron chi connectivity index (χ2n) is 10.3. The van der Waals surface area contributed by atoms with Gasteiger partial charge in [0.25, 0.3) is 0 Å². The van der Waals surface area contributed by atoms with Crippen LogP contribution < -0.4 is 10.0 Å². The highest BCUT2D eigenvalue weighted by Gasteiger charge is 2.48. The van der Waals surface area contributed by atoms with Crippen molar-refractivity contribution in [3.05, 3.63) is 53.9 Å². The topological polar surface area (TPSA) is 127 Å². The summed E-state index contributed by atoms with van der Waals surface area (Å²) in [6.07, 6.45) is 10.2. The molecule has 4 rings (SSSR count). The Kier molecular flexibility index (Phi) is 9.65. The number of carboxylic acids is 1. The van der Waals surface area contributed by atoms with Gasteiger partial charge in [0, 0.05) is 37.2 Å². The van der Waals surface area contributed by atoms with E-state index in [-0.39, 0.29) is 24.1 Å². The third-order valence-corrected chi connectivity index (χ3v) is 8.67. The maximum atomic E-state index is 13.6. The van der Waals surface area contributed by atoms with E-state index in [0.29, 0.717) is 38.1 Å². The summed E-state index contributed by atoms with van der Waals surface area (Å²) in [6, 6.07) is 4.51. The number of nitrogens with one attached hydrogen (secondary N) is 3. The van der Waals surface area contributed by atoms with Crippen molar-refractivity contribution in [2.45, 2.75) is 63.8 Å². The van der Waals surface area contributed by atoms with Gasteiger partial charge in [-0.2, -0.15) is 0 Å². The molecule has 1 atom stereocenters. The molecule has 0 bridgehead atoms. The monoisotopic (exact) mass is 545 g/mol. The molecule has 206 valence electrons. The van der Waals surface area contributed by atoms with Crippen molar-refractivity contribution < 1.29 is 23.9 Å². The second kappa shape index (κ2) is 13.1. The van der Waals surface area contributed by atoms with Crippen LogP contribution in [0, 0.1) is 17.2 Å². The zero-order valence-corrected chi connectivity index (χ0v) is 22.3. The number of hydrogen-bond acceptors (Lipinski definition) is 5. The minimum absolute atomic E-state index is 0.142. The molecular formula is C27H36FN5O4S. The number of imidazole rings is 1. The van der Waals surface area contributed by atoms with Crippen molar-refractivity contribution in [1.82, 2.24) is 24.9 Å². The maximum absolute atomic E-state index is 13.6. The first-order valence-electron chi connectivity index (χ1n) is 13.3. The lowest BCUT2D eigenvalue weighted by atomic mass is 9.64. The number of carbonyl (C=O) groups excluding carboxylic acids is 2. The predicted molar refractivity (Wildman–Crippen MR) is 143 cm³/mol. The number of aliphatic carboxylic acids is 1. The van der Waals surface area contributed by atoms with Crippen LogP contribution in [0.1, 0.15) is 56.2 Å². The number of halogens is 1. The van der Waals surface area contributed by atoms with Gasteiger partial charge in [-0.3, -0.25) is 14.3 Å². The largest absolute Gasteiger partial charge is 0.481 e. The Morgan fingerprint density at radius 1 is 1.16 bits per heavy atom. The molecule has 3 amide bonds. The standard InChI is InChI=1S/C27H36FN5O4S/c28-21-8-6-19(7-9-21)16-23(31-26(37)32-38-15-10-22-17-29-18-30-22)24(34)33-13-11-27(12-14-33,25(35)36)20-4-2-1-3-5-20/h6-9,17-18,20,23H,1-5,10-16H2,(H,29,30)(H,35,36)(H2,31,32,37). The number of carboxylic acid groups (broad SMARTS) is 1. The number of hydrogen-bond donors (Lipinski definition) is 4. The average molecular weight is 546 g/mol. The molecule has 4 N–H and O–H groups in total. The fourth-order valence-corrected chi connectivity index (χ4v) is 6.36. The Bertz CT molecular complexity index is 1070. The van der Waals surface area contributed by atoms with Gasteiger partial charge in [0.15, 0.2) is 0 Å². The number of urea groups is 1. The fourth-order valence-electron chi connectivity index (χ4n) is 5.74. The SMILES string of the molecule is O=C(NSCCc1cnc[nH]1)NC(Cc1ccc(F)cc1)C(=O)N1CCC(C(=O)O)(C2CCCCC2)CC1. The zero-order valence-electron chi connectivity index (χ0n) is 21.5. The summed E-state index contributed by atoms with van der Waals surface area (Å²) in [6.45, 7) is 0.674. The van der Waals surface area contributed by atoms with Crippen LogP contribution in [0.15, 0.2) is 36.8 Å². The van der Waals surface area contributed by atoms with Crippen molar-refractivity contribution in [1.29, 1.82) is 0 Å². The number of amides is 3. The fraction of sp³-hybridized carbons (Fsp3) is 0.556. The van der Waals surface area contributed by atoms with E-state index in [1.54, 1.807) is 29.6 Å². The van der Waals surface area contributed by atoms with Crippen LogP contribution in [-0.2, 0) is 22.4 Å². The molecule has 1 aliphatic carbocycles. The van der Waals surface area contributed by atoms with Crippen molar-refractivity contribution in [2.24, 2.45) is 11.3 Å². The number of aromatic amines is 1. The first kappa shape index (κ1) is 27.9. The van der Waals surface area contributed by atoms with Crippen molar-refractivity contribution in [3.63, 3.8) is 0 Å². The van der Waals surface area contributed by atoms with E-state index in [2.05, 4.69) is 20.0 Å². The van der Waals surface area contributed by atoms with Gasteiger partial charge < -0.3 is 20.3 Å². The number of carbonyl (C=O) groups is 3. The number of benzene rings is 1. The third-order valence-electron chi connectivity index (χ3n) is 7.93. The number of aromatic nitrogens is 2. The molecule has 38 heavy (non-hydrogen) atoms.